The van der Waals surface area contributed by atoms with E-state index in [2.05, 4.69) is 148 Å². The summed E-state index contributed by atoms with van der Waals surface area (Å²) in [7, 11) is 4.02. The minimum absolute atomic E-state index is 0. The molecule has 12 aromatic rings. The van der Waals surface area contributed by atoms with E-state index in [4.69, 9.17) is 40.9 Å². The summed E-state index contributed by atoms with van der Waals surface area (Å²) < 4.78 is 0. The first-order chi connectivity index (χ1) is 51.7. The number of benzene rings is 8. The summed E-state index contributed by atoms with van der Waals surface area (Å²) >= 11 is 0. The van der Waals surface area contributed by atoms with Gasteiger partial charge in [0.05, 0.1) is 48.8 Å². The monoisotopic (exact) mass is 2230 g/mol. The third-order valence-electron chi connectivity index (χ3n) is 15.5. The Balaban J connectivity index is 0.000000669. The van der Waals surface area contributed by atoms with E-state index in [9.17, 15) is 0 Å². The molecular weight excluding hydrogens is 2120 g/mol. The molecule has 0 fully saturated rings. The molecule has 0 aliphatic heterocycles. The second-order valence-electron chi connectivity index (χ2n) is 26.2. The fourth-order valence-corrected chi connectivity index (χ4v) is 10.6. The van der Waals surface area contributed by atoms with Gasteiger partial charge in [-0.25, -0.2) is 0 Å². The summed E-state index contributed by atoms with van der Waals surface area (Å²) in [5.74, 6) is 0. The number of aliphatic hydroxyl groups excluding tert-OH is 8. The van der Waals surface area contributed by atoms with E-state index >= 15 is 0 Å². The summed E-state index contributed by atoms with van der Waals surface area (Å²) in [6, 6.07) is 78.8. The van der Waals surface area contributed by atoms with Crippen molar-refractivity contribution in [1.29, 1.82) is 0 Å². The molecule has 4 aromatic heterocycles. The molecule has 0 aliphatic rings. The topological polar surface area (TPSA) is 271 Å². The molecule has 0 bridgehead atoms. The Hall–Kier alpha value is -8.04. The molecule has 112 heavy (non-hydrogen) atoms. The fourth-order valence-electron chi connectivity index (χ4n) is 10.6. The van der Waals surface area contributed by atoms with Crippen LogP contribution in [0.3, 0.4) is 0 Å². The Morgan fingerprint density at radius 1 is 0.277 bits per heavy atom. The van der Waals surface area contributed by atoms with E-state index in [0.29, 0.717) is 25.7 Å². The van der Waals surface area contributed by atoms with Gasteiger partial charge in [-0.2, -0.15) is 0 Å². The smallest absolute Gasteiger partial charge is 0.0536 e. The molecule has 0 aliphatic carbocycles. The SMILES string of the molecule is CC(O)CC(C)O.CC(O)CC(C)O.CC(O)CC(C)O.CC(O)CC(C)O.Cc1nccnc1-c1[c-]cc(-c2ccccc2)cc1.Cc1nccnc1-c1[c-]cc(N(C)C)cc1.Cc1nccnc1-c1[c-]cc(N(c2ccccc2)c2ccccc2)cc1.Cc1nccnc1-c1[c-]ccc(-c2ccccc2)c1.[Ir].[Ir].[Ir].[Ir]. The first-order valence-corrected chi connectivity index (χ1v) is 36.0. The quantitative estimate of drug-likeness (QED) is 0.0371. The zero-order valence-corrected chi connectivity index (χ0v) is 75.5. The van der Waals surface area contributed by atoms with Crippen molar-refractivity contribution in [2.24, 2.45) is 0 Å². The average Bonchev–Trinajstić information content (AvgIpc) is 0.815. The number of hydrogen-bond donors (Lipinski definition) is 8. The van der Waals surface area contributed by atoms with Crippen molar-refractivity contribution in [2.75, 3.05) is 23.9 Å². The van der Waals surface area contributed by atoms with Crippen molar-refractivity contribution in [3.8, 4) is 67.3 Å². The molecule has 18 nitrogen and oxygen atoms in total. The van der Waals surface area contributed by atoms with Gasteiger partial charge in [0.25, 0.3) is 0 Å². The maximum absolute atomic E-state index is 8.56. The van der Waals surface area contributed by atoms with Gasteiger partial charge in [-0.1, -0.05) is 108 Å². The van der Waals surface area contributed by atoms with Crippen LogP contribution in [0.15, 0.2) is 244 Å². The molecule has 0 amide bonds. The largest absolute Gasteiger partial charge is 0.416 e. The summed E-state index contributed by atoms with van der Waals surface area (Å²) in [4.78, 5) is 38.8. The third-order valence-corrected chi connectivity index (χ3v) is 15.5. The van der Waals surface area contributed by atoms with E-state index in [1.807, 2.05) is 162 Å². The minimum Gasteiger partial charge on any atom is -0.416 e. The molecule has 22 heteroatoms. The van der Waals surface area contributed by atoms with Crippen molar-refractivity contribution >= 4 is 22.7 Å². The maximum atomic E-state index is 8.56. The van der Waals surface area contributed by atoms with Crippen LogP contribution in [0.5, 0.6) is 0 Å². The third kappa shape index (κ3) is 38.7. The van der Waals surface area contributed by atoms with Crippen molar-refractivity contribution in [3.63, 3.8) is 0 Å². The Morgan fingerprint density at radius 2 is 0.554 bits per heavy atom. The maximum Gasteiger partial charge on any atom is 0.0536 e. The number of nitrogens with zero attached hydrogens (tertiary/aromatic N) is 10. The predicted octanol–water partition coefficient (Wildman–Crippen LogP) is 16.4. The van der Waals surface area contributed by atoms with Gasteiger partial charge in [0.2, 0.25) is 0 Å². The molecule has 12 rings (SSSR count). The molecule has 604 valence electrons. The second kappa shape index (κ2) is 56.2. The number of para-hydroxylation sites is 2. The van der Waals surface area contributed by atoms with Crippen molar-refractivity contribution in [1.82, 2.24) is 39.9 Å². The molecule has 8 aromatic carbocycles. The summed E-state index contributed by atoms with van der Waals surface area (Å²) in [6.45, 7) is 21.1. The zero-order chi connectivity index (χ0) is 78.9. The standard InChI is InChI=1S/C23H18N3.2C17H13N2.C13H14N3.4C5H12O2.4Ir/c1-18-23(25-17-16-24-18)19-12-14-22(15-13-19)26(20-8-4-2-5-9-20)21-10-6-3-7-11-21;1-13-17(19-11-10-18-13)16-9-5-8-15(12-16)14-6-3-2-4-7-14;1-13-17(19-12-11-18-13)16-9-7-15(8-10-16)14-5-3-2-4-6-14;1-10-13(15-9-8-14-10)11-4-6-12(7-5-11)16(2)3;4*1-4(6)3-5(2)7;;;;/h2-12,14-17H,1H3;2-8,10-12H,1H3;2-9,11-12H,1H3;4,6-9H,1-3H3;4*4-7H,3H2,1-2H3;;;;/q4*-1;;;;;;;;. The first kappa shape index (κ1) is 102. The molecule has 8 atom stereocenters. The average molecular weight is 2220 g/mol. The van der Waals surface area contributed by atoms with Crippen LogP contribution in [-0.2, 0) is 80.4 Å². The fraction of sp³-hybridized carbons (Fsp3) is 0.289. The molecule has 8 N–H and O–H groups in total. The minimum atomic E-state index is -0.375. The number of anilines is 4. The van der Waals surface area contributed by atoms with E-state index in [1.165, 1.54) is 16.7 Å². The number of aromatic nitrogens is 8. The number of hydrogen-bond acceptors (Lipinski definition) is 18. The van der Waals surface area contributed by atoms with Crippen LogP contribution in [0.2, 0.25) is 0 Å². The second-order valence-corrected chi connectivity index (χ2v) is 26.2. The Bertz CT molecular complexity index is 4290. The van der Waals surface area contributed by atoms with Crippen LogP contribution < -0.4 is 9.80 Å². The van der Waals surface area contributed by atoms with Crippen LogP contribution in [0.25, 0.3) is 67.3 Å². The molecule has 0 saturated carbocycles. The number of aryl methyl sites for hydroxylation is 4. The van der Waals surface area contributed by atoms with Gasteiger partial charge in [-0.3, -0.25) is 19.9 Å². The summed E-state index contributed by atoms with van der Waals surface area (Å²) in [5, 5.41) is 68.5. The molecular formula is C90H106Ir4N10O8-4. The van der Waals surface area contributed by atoms with Crippen molar-refractivity contribution in [3.05, 3.63) is 291 Å². The molecule has 8 unspecified atom stereocenters. The number of aliphatic hydroxyl groups is 8. The number of rotatable bonds is 18. The van der Waals surface area contributed by atoms with Crippen molar-refractivity contribution in [2.45, 2.75) is 158 Å². The molecule has 0 saturated heterocycles. The van der Waals surface area contributed by atoms with E-state index in [1.54, 1.807) is 105 Å². The summed E-state index contributed by atoms with van der Waals surface area (Å²) in [6.07, 6.45) is 12.6. The molecule has 0 spiro atoms. The van der Waals surface area contributed by atoms with Gasteiger partial charge in [0, 0.05) is 187 Å². The van der Waals surface area contributed by atoms with Gasteiger partial charge in [-0.05, 0) is 164 Å². The summed E-state index contributed by atoms with van der Waals surface area (Å²) in [5.41, 5.74) is 20.2. The van der Waals surface area contributed by atoms with Crippen LogP contribution in [0.1, 0.15) is 104 Å². The van der Waals surface area contributed by atoms with E-state index < -0.39 is 0 Å². The van der Waals surface area contributed by atoms with Crippen LogP contribution >= 0.6 is 0 Å². The van der Waals surface area contributed by atoms with Gasteiger partial charge < -0.3 is 70.6 Å². The Labute approximate surface area is 717 Å². The molecule has 4 radical (unpaired) electrons. The van der Waals surface area contributed by atoms with E-state index in [0.717, 1.165) is 96.1 Å². The predicted molar refractivity (Wildman–Crippen MR) is 436 cm³/mol. The zero-order valence-electron chi connectivity index (χ0n) is 65.9. The van der Waals surface area contributed by atoms with Gasteiger partial charge >= 0.3 is 0 Å². The Morgan fingerprint density at radius 3 is 0.821 bits per heavy atom. The van der Waals surface area contributed by atoms with Crippen molar-refractivity contribution < 1.29 is 121 Å². The molecule has 4 heterocycles. The van der Waals surface area contributed by atoms with Crippen LogP contribution in [-0.4, -0.2) is 144 Å². The van der Waals surface area contributed by atoms with E-state index in [-0.39, 0.29) is 129 Å². The van der Waals surface area contributed by atoms with Crippen LogP contribution in [0.4, 0.5) is 22.7 Å². The van der Waals surface area contributed by atoms with Crippen LogP contribution in [0, 0.1) is 52.0 Å². The normalized spacial score (nSPS) is 12.1. The Kier molecular flexibility index (Phi) is 51.2. The van der Waals surface area contributed by atoms with Gasteiger partial charge in [-0.15, -0.1) is 125 Å². The first-order valence-electron chi connectivity index (χ1n) is 36.0. The van der Waals surface area contributed by atoms with Gasteiger partial charge in [0.1, 0.15) is 0 Å². The van der Waals surface area contributed by atoms with Gasteiger partial charge in [0.15, 0.2) is 0 Å².